The monoisotopic (exact) mass is 307 g/mol. The third-order valence-corrected chi connectivity index (χ3v) is 6.56. The van der Waals surface area contributed by atoms with Crippen LogP contribution in [0.3, 0.4) is 0 Å². The lowest BCUT2D eigenvalue weighted by molar-refractivity contribution is 0.0947. The van der Waals surface area contributed by atoms with Gasteiger partial charge in [-0.05, 0) is 16.7 Å². The fraction of sp³-hybridized carbons (Fsp3) is 0.667. The van der Waals surface area contributed by atoms with Gasteiger partial charge in [-0.1, -0.05) is 39.5 Å². The van der Waals surface area contributed by atoms with E-state index < -0.39 is 0 Å². The number of carbonyl (C=O) groups excluding carboxylic acids is 1. The predicted octanol–water partition coefficient (Wildman–Crippen LogP) is 1.76. The van der Waals surface area contributed by atoms with Gasteiger partial charge in [0.15, 0.2) is 5.16 Å². The van der Waals surface area contributed by atoms with Gasteiger partial charge in [0, 0.05) is 25.0 Å². The minimum Gasteiger partial charge on any atom is -0.351 e. The maximum atomic E-state index is 12.3. The number of carbonyl (C=O) groups is 1. The Bertz CT molecular complexity index is 649. The first-order valence-electron chi connectivity index (χ1n) is 7.27. The molecule has 114 valence electrons. The molecule has 0 radical (unpaired) electrons. The van der Waals surface area contributed by atoms with Crippen LogP contribution in [0.4, 0.5) is 0 Å². The molecule has 0 spiro atoms. The number of hydrogen-bond donors (Lipinski definition) is 1. The zero-order valence-corrected chi connectivity index (χ0v) is 13.7. The van der Waals surface area contributed by atoms with Crippen LogP contribution in [-0.4, -0.2) is 27.8 Å². The van der Waals surface area contributed by atoms with E-state index in [1.807, 2.05) is 0 Å². The fourth-order valence-corrected chi connectivity index (χ4v) is 4.22. The molecule has 0 bridgehead atoms. The molecule has 2 aliphatic rings. The van der Waals surface area contributed by atoms with Gasteiger partial charge < -0.3 is 5.32 Å². The first kappa shape index (κ1) is 14.6. The zero-order chi connectivity index (χ0) is 15.4. The van der Waals surface area contributed by atoms with Crippen LogP contribution in [0, 0.1) is 16.7 Å². The summed E-state index contributed by atoms with van der Waals surface area (Å²) in [6.45, 7) is 10.1. The Hall–Kier alpha value is -1.30. The van der Waals surface area contributed by atoms with E-state index in [0.29, 0.717) is 24.2 Å². The van der Waals surface area contributed by atoms with Crippen molar-refractivity contribution in [2.24, 2.45) is 16.7 Å². The summed E-state index contributed by atoms with van der Waals surface area (Å²) >= 11 is 1.55. The Kier molecular flexibility index (Phi) is 3.20. The van der Waals surface area contributed by atoms with Crippen molar-refractivity contribution in [3.05, 3.63) is 22.1 Å². The molecule has 1 amide bonds. The number of nitrogens with one attached hydrogen (secondary N) is 1. The van der Waals surface area contributed by atoms with Crippen molar-refractivity contribution in [1.82, 2.24) is 14.9 Å². The number of hydrogen-bond acceptors (Lipinski definition) is 4. The quantitative estimate of drug-likeness (QED) is 0.864. The van der Waals surface area contributed by atoms with Gasteiger partial charge >= 0.3 is 0 Å². The van der Waals surface area contributed by atoms with Crippen LogP contribution in [-0.2, 0) is 6.54 Å². The highest BCUT2D eigenvalue weighted by molar-refractivity contribution is 7.99. The summed E-state index contributed by atoms with van der Waals surface area (Å²) in [6.07, 6.45) is 1.41. The van der Waals surface area contributed by atoms with E-state index in [4.69, 9.17) is 0 Å². The van der Waals surface area contributed by atoms with Gasteiger partial charge in [-0.25, -0.2) is 4.98 Å². The van der Waals surface area contributed by atoms with Crippen molar-refractivity contribution in [2.45, 2.75) is 39.4 Å². The first-order chi connectivity index (χ1) is 9.76. The highest BCUT2D eigenvalue weighted by Gasteiger charge is 2.64. The van der Waals surface area contributed by atoms with Crippen LogP contribution in [0.15, 0.2) is 16.1 Å². The molecule has 1 aromatic rings. The van der Waals surface area contributed by atoms with E-state index in [-0.39, 0.29) is 27.9 Å². The summed E-state index contributed by atoms with van der Waals surface area (Å²) in [5.74, 6) is 0.977. The average molecular weight is 307 g/mol. The second-order valence-corrected chi connectivity index (χ2v) is 8.03. The van der Waals surface area contributed by atoms with E-state index in [2.05, 4.69) is 38.0 Å². The number of aromatic nitrogens is 2. The van der Waals surface area contributed by atoms with Crippen molar-refractivity contribution in [1.29, 1.82) is 0 Å². The Morgan fingerprint density at radius 1 is 1.43 bits per heavy atom. The molecule has 0 atom stereocenters. The van der Waals surface area contributed by atoms with Crippen molar-refractivity contribution < 1.29 is 4.79 Å². The summed E-state index contributed by atoms with van der Waals surface area (Å²) < 4.78 is 1.59. The molecule has 2 heterocycles. The molecule has 1 saturated carbocycles. The van der Waals surface area contributed by atoms with E-state index in [9.17, 15) is 9.59 Å². The van der Waals surface area contributed by atoms with Crippen molar-refractivity contribution in [3.63, 3.8) is 0 Å². The molecule has 1 fully saturated rings. The van der Waals surface area contributed by atoms with Gasteiger partial charge in [-0.15, -0.1) is 0 Å². The molecular weight excluding hydrogens is 286 g/mol. The van der Waals surface area contributed by atoms with Crippen LogP contribution in [0.1, 0.15) is 38.1 Å². The molecule has 21 heavy (non-hydrogen) atoms. The summed E-state index contributed by atoms with van der Waals surface area (Å²) in [5, 5.41) is 3.61. The minimum absolute atomic E-state index is 0.150. The van der Waals surface area contributed by atoms with Gasteiger partial charge in [0.25, 0.3) is 11.5 Å². The maximum Gasteiger partial charge on any atom is 0.267 e. The van der Waals surface area contributed by atoms with Crippen LogP contribution < -0.4 is 10.9 Å². The lowest BCUT2D eigenvalue weighted by Gasteiger charge is -2.07. The highest BCUT2D eigenvalue weighted by atomic mass is 32.2. The number of amides is 1. The average Bonchev–Trinajstić information content (AvgIpc) is 2.77. The van der Waals surface area contributed by atoms with Crippen molar-refractivity contribution in [2.75, 3.05) is 12.3 Å². The van der Waals surface area contributed by atoms with Gasteiger partial charge in [-0.3, -0.25) is 14.2 Å². The minimum atomic E-state index is -0.307. The first-order valence-corrected chi connectivity index (χ1v) is 8.26. The predicted molar refractivity (Wildman–Crippen MR) is 82.6 cm³/mol. The summed E-state index contributed by atoms with van der Waals surface area (Å²) in [6, 6.07) is 0. The Morgan fingerprint density at radius 3 is 2.71 bits per heavy atom. The van der Waals surface area contributed by atoms with E-state index in [0.717, 1.165) is 5.75 Å². The van der Waals surface area contributed by atoms with Crippen molar-refractivity contribution >= 4 is 17.7 Å². The zero-order valence-electron chi connectivity index (χ0n) is 12.9. The standard InChI is InChI=1S/C15H21N3O2S/c1-14(2)10(15(14,3)4)8-16-11(19)9-7-17-13-18(12(9)20)5-6-21-13/h7,10H,5-6,8H2,1-4H3,(H,16,19). The molecule has 6 heteroatoms. The molecule has 3 rings (SSSR count). The van der Waals surface area contributed by atoms with Gasteiger partial charge in [-0.2, -0.15) is 0 Å². The third-order valence-electron chi connectivity index (χ3n) is 5.59. The Morgan fingerprint density at radius 2 is 2.10 bits per heavy atom. The smallest absolute Gasteiger partial charge is 0.267 e. The molecule has 0 saturated heterocycles. The van der Waals surface area contributed by atoms with Gasteiger partial charge in [0.1, 0.15) is 5.56 Å². The molecule has 1 N–H and O–H groups in total. The second kappa shape index (κ2) is 4.60. The SMILES string of the molecule is CC1(C)C(CNC(=O)c2cnc3n(c2=O)CCS3)C1(C)C. The molecular formula is C15H21N3O2S. The topological polar surface area (TPSA) is 64.0 Å². The maximum absolute atomic E-state index is 12.3. The number of nitrogens with zero attached hydrogens (tertiary/aromatic N) is 2. The fourth-order valence-electron chi connectivity index (χ4n) is 3.31. The third kappa shape index (κ3) is 2.11. The largest absolute Gasteiger partial charge is 0.351 e. The molecule has 0 aromatic carbocycles. The van der Waals surface area contributed by atoms with E-state index in [1.165, 1.54) is 6.20 Å². The molecule has 1 aromatic heterocycles. The van der Waals surface area contributed by atoms with Gasteiger partial charge in [0.05, 0.1) is 0 Å². The van der Waals surface area contributed by atoms with Crippen molar-refractivity contribution in [3.8, 4) is 0 Å². The lowest BCUT2D eigenvalue weighted by Crippen LogP contribution is -2.34. The highest BCUT2D eigenvalue weighted by Crippen LogP contribution is 2.67. The lowest BCUT2D eigenvalue weighted by atomic mass is 10.0. The second-order valence-electron chi connectivity index (χ2n) is 6.97. The molecule has 1 aliphatic carbocycles. The Balaban J connectivity index is 1.72. The van der Waals surface area contributed by atoms with Crippen LogP contribution in [0.25, 0.3) is 0 Å². The van der Waals surface area contributed by atoms with Crippen LogP contribution in [0.5, 0.6) is 0 Å². The van der Waals surface area contributed by atoms with Crippen LogP contribution in [0.2, 0.25) is 0 Å². The molecule has 0 unspecified atom stereocenters. The summed E-state index contributed by atoms with van der Waals surface area (Å²) in [5.41, 5.74) is 0.374. The normalized spacial score (nSPS) is 21.9. The van der Waals surface area contributed by atoms with E-state index >= 15 is 0 Å². The molecule has 1 aliphatic heterocycles. The summed E-state index contributed by atoms with van der Waals surface area (Å²) in [4.78, 5) is 28.7. The number of rotatable bonds is 3. The van der Waals surface area contributed by atoms with Crippen LogP contribution >= 0.6 is 11.8 Å². The Labute approximate surface area is 128 Å². The summed E-state index contributed by atoms with van der Waals surface area (Å²) in [7, 11) is 0. The van der Waals surface area contributed by atoms with Gasteiger partial charge in [0.2, 0.25) is 0 Å². The number of thioether (sulfide) groups is 1. The van der Waals surface area contributed by atoms with E-state index in [1.54, 1.807) is 16.3 Å². The number of fused-ring (bicyclic) bond motifs is 1. The molecule has 5 nitrogen and oxygen atoms in total.